The average molecular weight is 401 g/mol. The van der Waals surface area contributed by atoms with Crippen LogP contribution in [0.25, 0.3) is 0 Å². The zero-order valence-corrected chi connectivity index (χ0v) is 15.9. The molecule has 0 aliphatic carbocycles. The highest BCUT2D eigenvalue weighted by Gasteiger charge is 2.22. The molecular weight excluding hydrogens is 384 g/mol. The zero-order chi connectivity index (χ0) is 18.0. The van der Waals surface area contributed by atoms with Crippen LogP contribution in [0.1, 0.15) is 24.2 Å². The Hall–Kier alpha value is -1.71. The predicted molar refractivity (Wildman–Crippen MR) is 96.4 cm³/mol. The largest absolute Gasteiger partial charge is 0.342 e. The molecule has 134 valence electrons. The highest BCUT2D eigenvalue weighted by atomic mass is 35.5. The first-order valence-electron chi connectivity index (χ1n) is 7.75. The molecule has 10 heteroatoms. The Morgan fingerprint density at radius 3 is 2.80 bits per heavy atom. The molecule has 1 fully saturated rings. The van der Waals surface area contributed by atoms with E-state index >= 15 is 0 Å². The quantitative estimate of drug-likeness (QED) is 0.832. The number of carbonyl (C=O) groups is 1. The lowest BCUT2D eigenvalue weighted by Gasteiger charge is -2.13. The molecule has 1 aliphatic rings. The monoisotopic (exact) mass is 400 g/mol. The van der Waals surface area contributed by atoms with Crippen LogP contribution in [0, 0.1) is 6.92 Å². The number of nitrogens with zero attached hydrogens (tertiary/aromatic N) is 3. The summed E-state index contributed by atoms with van der Waals surface area (Å²) in [6.07, 6.45) is 2.11. The maximum atomic E-state index is 12.5. The van der Waals surface area contributed by atoms with Gasteiger partial charge in [-0.25, -0.2) is 13.4 Å². The molecule has 0 atom stereocenters. The van der Waals surface area contributed by atoms with Gasteiger partial charge in [0, 0.05) is 29.6 Å². The zero-order valence-electron chi connectivity index (χ0n) is 13.5. The number of hydrogen-bond acceptors (Lipinski definition) is 6. The van der Waals surface area contributed by atoms with E-state index in [0.717, 1.165) is 37.5 Å². The lowest BCUT2D eigenvalue weighted by atomic mass is 10.2. The molecule has 0 radical (unpaired) electrons. The van der Waals surface area contributed by atoms with Gasteiger partial charge in [-0.2, -0.15) is 4.37 Å². The van der Waals surface area contributed by atoms with Crippen molar-refractivity contribution in [2.24, 2.45) is 0 Å². The summed E-state index contributed by atoms with van der Waals surface area (Å²) in [5, 5.41) is 0.501. The van der Waals surface area contributed by atoms with E-state index in [2.05, 4.69) is 14.1 Å². The Kier molecular flexibility index (Phi) is 5.26. The van der Waals surface area contributed by atoms with Crippen LogP contribution in [0.2, 0.25) is 5.02 Å². The number of halogens is 1. The lowest BCUT2D eigenvalue weighted by molar-refractivity contribution is -0.129. The number of aromatic nitrogens is 2. The summed E-state index contributed by atoms with van der Waals surface area (Å²) >= 11 is 6.90. The molecule has 3 rings (SSSR count). The molecule has 0 spiro atoms. The summed E-state index contributed by atoms with van der Waals surface area (Å²) < 4.78 is 31.5. The SMILES string of the molecule is Cc1c(Cl)cccc1S(=O)(=O)Nc1nc(CC(=O)N2CCCC2)ns1. The minimum absolute atomic E-state index is 0.0320. The molecule has 2 aromatic rings. The molecule has 1 aromatic carbocycles. The first-order valence-corrected chi connectivity index (χ1v) is 10.4. The van der Waals surface area contributed by atoms with Crippen molar-refractivity contribution in [1.82, 2.24) is 14.3 Å². The number of likely N-dealkylation sites (tertiary alicyclic amines) is 1. The van der Waals surface area contributed by atoms with Gasteiger partial charge in [-0.3, -0.25) is 9.52 Å². The van der Waals surface area contributed by atoms with E-state index in [1.807, 2.05) is 0 Å². The third-order valence-electron chi connectivity index (χ3n) is 3.97. The number of sulfonamides is 1. The van der Waals surface area contributed by atoms with Crippen molar-refractivity contribution >= 4 is 44.2 Å². The van der Waals surface area contributed by atoms with Crippen LogP contribution >= 0.6 is 23.1 Å². The molecule has 0 saturated carbocycles. The van der Waals surface area contributed by atoms with Gasteiger partial charge in [0.25, 0.3) is 10.0 Å². The van der Waals surface area contributed by atoms with Crippen LogP contribution in [0.15, 0.2) is 23.1 Å². The summed E-state index contributed by atoms with van der Waals surface area (Å²) in [6, 6.07) is 4.68. The highest BCUT2D eigenvalue weighted by Crippen LogP contribution is 2.25. The summed E-state index contributed by atoms with van der Waals surface area (Å²) in [7, 11) is -3.82. The maximum Gasteiger partial charge on any atom is 0.264 e. The van der Waals surface area contributed by atoms with Gasteiger partial charge in [-0.05, 0) is 37.5 Å². The Balaban J connectivity index is 1.72. The van der Waals surface area contributed by atoms with Gasteiger partial charge >= 0.3 is 0 Å². The Morgan fingerprint density at radius 2 is 2.08 bits per heavy atom. The van der Waals surface area contributed by atoms with Gasteiger partial charge in [0.1, 0.15) is 0 Å². The van der Waals surface area contributed by atoms with E-state index in [1.165, 1.54) is 6.07 Å². The number of benzene rings is 1. The normalized spacial score (nSPS) is 14.7. The van der Waals surface area contributed by atoms with Crippen molar-refractivity contribution in [2.75, 3.05) is 17.8 Å². The first kappa shape index (κ1) is 18.1. The van der Waals surface area contributed by atoms with Crippen LogP contribution in [0.4, 0.5) is 5.13 Å². The summed E-state index contributed by atoms with van der Waals surface area (Å²) in [6.45, 7) is 3.16. The molecular formula is C15H17ClN4O3S2. The number of carbonyl (C=O) groups excluding carboxylic acids is 1. The van der Waals surface area contributed by atoms with Crippen LogP contribution in [-0.2, 0) is 21.2 Å². The van der Waals surface area contributed by atoms with E-state index in [-0.39, 0.29) is 22.4 Å². The number of nitrogens with one attached hydrogen (secondary N) is 1. The van der Waals surface area contributed by atoms with E-state index < -0.39 is 10.0 Å². The molecule has 1 N–H and O–H groups in total. The van der Waals surface area contributed by atoms with Gasteiger partial charge < -0.3 is 4.90 Å². The van der Waals surface area contributed by atoms with Gasteiger partial charge in [-0.15, -0.1) is 0 Å². The molecule has 1 aliphatic heterocycles. The predicted octanol–water partition coefficient (Wildman–Crippen LogP) is 2.47. The van der Waals surface area contributed by atoms with Crippen LogP contribution in [0.3, 0.4) is 0 Å². The van der Waals surface area contributed by atoms with Gasteiger partial charge in [0.2, 0.25) is 11.0 Å². The molecule has 0 unspecified atom stereocenters. The fraction of sp³-hybridized carbons (Fsp3) is 0.400. The van der Waals surface area contributed by atoms with Crippen LogP contribution in [-0.4, -0.2) is 41.7 Å². The molecule has 1 aromatic heterocycles. The third-order valence-corrected chi connectivity index (χ3v) is 6.66. The molecule has 2 heterocycles. The molecule has 25 heavy (non-hydrogen) atoms. The van der Waals surface area contributed by atoms with Crippen molar-refractivity contribution in [1.29, 1.82) is 0 Å². The van der Waals surface area contributed by atoms with Crippen molar-refractivity contribution in [3.63, 3.8) is 0 Å². The van der Waals surface area contributed by atoms with Crippen molar-refractivity contribution in [3.8, 4) is 0 Å². The fourth-order valence-corrected chi connectivity index (χ4v) is 4.94. The number of hydrogen-bond donors (Lipinski definition) is 1. The Labute approximate surface area is 155 Å². The Bertz CT molecular complexity index is 892. The molecule has 1 amide bonds. The van der Waals surface area contributed by atoms with E-state index in [1.54, 1.807) is 24.0 Å². The Morgan fingerprint density at radius 1 is 1.36 bits per heavy atom. The highest BCUT2D eigenvalue weighted by molar-refractivity contribution is 7.93. The third kappa shape index (κ3) is 4.10. The molecule has 1 saturated heterocycles. The fourth-order valence-electron chi connectivity index (χ4n) is 2.63. The standard InChI is InChI=1S/C15H17ClN4O3S2/c1-10-11(16)5-4-6-12(10)25(22,23)19-15-17-13(18-24-15)9-14(21)20-7-2-3-8-20/h4-6H,2-3,7-9H2,1H3,(H,17,18,19). The second-order valence-electron chi connectivity index (χ2n) is 5.75. The van der Waals surface area contributed by atoms with Crippen LogP contribution < -0.4 is 4.72 Å². The summed E-state index contributed by atoms with van der Waals surface area (Å²) in [4.78, 5) is 18.1. The topological polar surface area (TPSA) is 92.3 Å². The van der Waals surface area contributed by atoms with Gasteiger partial charge in [-0.1, -0.05) is 17.7 Å². The molecule has 0 bridgehead atoms. The molecule has 7 nitrogen and oxygen atoms in total. The van der Waals surface area contributed by atoms with E-state index in [4.69, 9.17) is 11.6 Å². The first-order chi connectivity index (χ1) is 11.9. The second kappa shape index (κ2) is 7.27. The minimum Gasteiger partial charge on any atom is -0.342 e. The second-order valence-corrected chi connectivity index (χ2v) is 8.56. The van der Waals surface area contributed by atoms with Crippen molar-refractivity contribution < 1.29 is 13.2 Å². The average Bonchev–Trinajstić information content (AvgIpc) is 3.21. The number of anilines is 1. The summed E-state index contributed by atoms with van der Waals surface area (Å²) in [5.74, 6) is 0.290. The van der Waals surface area contributed by atoms with Crippen molar-refractivity contribution in [3.05, 3.63) is 34.6 Å². The van der Waals surface area contributed by atoms with E-state index in [0.29, 0.717) is 16.4 Å². The maximum absolute atomic E-state index is 12.5. The van der Waals surface area contributed by atoms with Crippen LogP contribution in [0.5, 0.6) is 0 Å². The smallest absolute Gasteiger partial charge is 0.264 e. The minimum atomic E-state index is -3.82. The van der Waals surface area contributed by atoms with Gasteiger partial charge in [0.05, 0.1) is 11.3 Å². The van der Waals surface area contributed by atoms with Gasteiger partial charge in [0.15, 0.2) is 5.82 Å². The van der Waals surface area contributed by atoms with Crippen molar-refractivity contribution in [2.45, 2.75) is 31.1 Å². The summed E-state index contributed by atoms with van der Waals surface area (Å²) in [5.41, 5.74) is 0.464. The number of rotatable bonds is 5. The van der Waals surface area contributed by atoms with E-state index in [9.17, 15) is 13.2 Å². The lowest BCUT2D eigenvalue weighted by Crippen LogP contribution is -2.29. The number of amides is 1.